The summed E-state index contributed by atoms with van der Waals surface area (Å²) in [5.41, 5.74) is 2.55. The predicted octanol–water partition coefficient (Wildman–Crippen LogP) is 1.92. The van der Waals surface area contributed by atoms with Crippen LogP contribution in [0.25, 0.3) is 0 Å². The molecule has 1 N–H and O–H groups in total. The summed E-state index contributed by atoms with van der Waals surface area (Å²) in [5, 5.41) is 12.8. The number of aryl methyl sites for hydroxylation is 3. The highest BCUT2D eigenvalue weighted by atomic mass is 32.1. The first-order valence-corrected chi connectivity index (χ1v) is 9.77. The van der Waals surface area contributed by atoms with Crippen LogP contribution in [-0.4, -0.2) is 40.7 Å². The van der Waals surface area contributed by atoms with Crippen molar-refractivity contribution in [1.29, 1.82) is 0 Å². The fraction of sp³-hybridized carbons (Fsp3) is 0.556. The first-order valence-electron chi connectivity index (χ1n) is 8.96. The van der Waals surface area contributed by atoms with E-state index >= 15 is 0 Å². The number of anilines is 1. The van der Waals surface area contributed by atoms with Crippen LogP contribution in [0.5, 0.6) is 0 Å². The molecule has 2 aromatic rings. The minimum Gasteiger partial charge on any atom is -0.355 e. The van der Waals surface area contributed by atoms with E-state index in [2.05, 4.69) is 31.5 Å². The Morgan fingerprint density at radius 3 is 2.96 bits per heavy atom. The SMILES string of the molecule is Cc1ncc(CC(=O)NCC2CN(c3cc4c(nn3)CCCC4)C2)s1. The summed E-state index contributed by atoms with van der Waals surface area (Å²) in [4.78, 5) is 19.5. The van der Waals surface area contributed by atoms with Gasteiger partial charge in [0.2, 0.25) is 5.91 Å². The molecule has 1 fully saturated rings. The van der Waals surface area contributed by atoms with E-state index in [1.807, 2.05) is 6.92 Å². The summed E-state index contributed by atoms with van der Waals surface area (Å²) in [5.74, 6) is 1.56. The van der Waals surface area contributed by atoms with Gasteiger partial charge in [-0.25, -0.2) is 4.98 Å². The van der Waals surface area contributed by atoms with Crippen molar-refractivity contribution in [3.05, 3.63) is 33.4 Å². The average Bonchev–Trinajstić information content (AvgIpc) is 2.98. The van der Waals surface area contributed by atoms with Crippen molar-refractivity contribution in [2.24, 2.45) is 5.92 Å². The van der Waals surface area contributed by atoms with Crippen LogP contribution in [0.1, 0.15) is 34.0 Å². The van der Waals surface area contributed by atoms with Crippen LogP contribution >= 0.6 is 11.3 Å². The van der Waals surface area contributed by atoms with Crippen LogP contribution in [0.3, 0.4) is 0 Å². The lowest BCUT2D eigenvalue weighted by Gasteiger charge is -2.40. The van der Waals surface area contributed by atoms with Crippen molar-refractivity contribution in [3.63, 3.8) is 0 Å². The number of thiazole rings is 1. The van der Waals surface area contributed by atoms with Gasteiger partial charge in [-0.1, -0.05) is 0 Å². The third-order valence-corrected chi connectivity index (χ3v) is 5.84. The van der Waals surface area contributed by atoms with Crippen LogP contribution in [0.2, 0.25) is 0 Å². The Kier molecular flexibility index (Phi) is 4.65. The molecule has 0 saturated carbocycles. The van der Waals surface area contributed by atoms with Crippen LogP contribution in [0, 0.1) is 12.8 Å². The Hall–Kier alpha value is -2.02. The molecular weight excluding hydrogens is 334 g/mol. The first-order chi connectivity index (χ1) is 12.2. The molecule has 1 aliphatic carbocycles. The number of nitrogens with zero attached hydrogens (tertiary/aromatic N) is 4. The zero-order valence-electron chi connectivity index (χ0n) is 14.5. The number of carbonyl (C=O) groups is 1. The summed E-state index contributed by atoms with van der Waals surface area (Å²) in [6.45, 7) is 4.56. The third kappa shape index (κ3) is 3.81. The van der Waals surface area contributed by atoms with E-state index < -0.39 is 0 Å². The van der Waals surface area contributed by atoms with Gasteiger partial charge in [-0.3, -0.25) is 4.79 Å². The maximum atomic E-state index is 12.0. The van der Waals surface area contributed by atoms with Crippen LogP contribution in [0.15, 0.2) is 12.3 Å². The fourth-order valence-electron chi connectivity index (χ4n) is 3.49. The van der Waals surface area contributed by atoms with Crippen molar-refractivity contribution < 1.29 is 4.79 Å². The molecule has 0 atom stereocenters. The molecule has 0 spiro atoms. The van der Waals surface area contributed by atoms with Gasteiger partial charge in [0.25, 0.3) is 0 Å². The molecule has 3 heterocycles. The molecule has 0 radical (unpaired) electrons. The van der Waals surface area contributed by atoms with Crippen molar-refractivity contribution >= 4 is 23.1 Å². The lowest BCUT2D eigenvalue weighted by Crippen LogP contribution is -2.52. The lowest BCUT2D eigenvalue weighted by molar-refractivity contribution is -0.120. The van der Waals surface area contributed by atoms with E-state index in [1.54, 1.807) is 17.5 Å². The summed E-state index contributed by atoms with van der Waals surface area (Å²) in [6, 6.07) is 2.21. The average molecular weight is 357 g/mol. The van der Waals surface area contributed by atoms with Gasteiger partial charge in [-0.05, 0) is 44.2 Å². The van der Waals surface area contributed by atoms with Gasteiger partial charge in [0.1, 0.15) is 0 Å². The van der Waals surface area contributed by atoms with E-state index in [-0.39, 0.29) is 5.91 Å². The van der Waals surface area contributed by atoms with Gasteiger partial charge in [-0.15, -0.1) is 16.4 Å². The van der Waals surface area contributed by atoms with Crippen LogP contribution < -0.4 is 10.2 Å². The van der Waals surface area contributed by atoms with E-state index in [1.165, 1.54) is 24.1 Å². The second-order valence-electron chi connectivity index (χ2n) is 6.98. The van der Waals surface area contributed by atoms with Gasteiger partial charge >= 0.3 is 0 Å². The molecule has 0 unspecified atom stereocenters. The minimum atomic E-state index is 0.0793. The second-order valence-corrected chi connectivity index (χ2v) is 8.30. The first kappa shape index (κ1) is 16.4. The van der Waals surface area contributed by atoms with Gasteiger partial charge in [0.05, 0.1) is 17.1 Å². The number of aromatic nitrogens is 3. The molecule has 1 aliphatic heterocycles. The number of nitrogens with one attached hydrogen (secondary N) is 1. The molecule has 0 bridgehead atoms. The van der Waals surface area contributed by atoms with E-state index in [0.717, 1.165) is 48.2 Å². The number of carbonyl (C=O) groups excluding carboxylic acids is 1. The number of amides is 1. The molecular formula is C18H23N5OS. The molecule has 25 heavy (non-hydrogen) atoms. The smallest absolute Gasteiger partial charge is 0.225 e. The van der Waals surface area contributed by atoms with Crippen molar-refractivity contribution in [3.8, 4) is 0 Å². The molecule has 4 rings (SSSR count). The molecule has 132 valence electrons. The monoisotopic (exact) mass is 357 g/mol. The fourth-order valence-corrected chi connectivity index (χ4v) is 4.28. The summed E-state index contributed by atoms with van der Waals surface area (Å²) >= 11 is 1.58. The quantitative estimate of drug-likeness (QED) is 0.885. The Morgan fingerprint density at radius 1 is 1.32 bits per heavy atom. The van der Waals surface area contributed by atoms with Gasteiger partial charge in [0, 0.05) is 36.6 Å². The highest BCUT2D eigenvalue weighted by molar-refractivity contribution is 7.11. The number of rotatable bonds is 5. The predicted molar refractivity (Wildman–Crippen MR) is 97.9 cm³/mol. The standard InChI is InChI=1S/C18H23N5OS/c1-12-19-9-15(25-12)7-18(24)20-8-13-10-23(11-13)17-6-14-4-2-3-5-16(14)21-22-17/h6,9,13H,2-5,7-8,10-11H2,1H3,(H,20,24). The van der Waals surface area contributed by atoms with E-state index in [0.29, 0.717) is 12.3 Å². The zero-order valence-corrected chi connectivity index (χ0v) is 15.3. The summed E-state index contributed by atoms with van der Waals surface area (Å²) < 4.78 is 0. The van der Waals surface area contributed by atoms with Crippen molar-refractivity contribution in [2.45, 2.75) is 39.0 Å². The number of hydrogen-bond acceptors (Lipinski definition) is 6. The number of hydrogen-bond donors (Lipinski definition) is 1. The Bertz CT molecular complexity index is 769. The highest BCUT2D eigenvalue weighted by Gasteiger charge is 2.29. The summed E-state index contributed by atoms with van der Waals surface area (Å²) in [6.07, 6.45) is 6.90. The van der Waals surface area contributed by atoms with Crippen LogP contribution in [0.4, 0.5) is 5.82 Å². The van der Waals surface area contributed by atoms with Gasteiger partial charge < -0.3 is 10.2 Å². The van der Waals surface area contributed by atoms with E-state index in [9.17, 15) is 4.79 Å². The van der Waals surface area contributed by atoms with Crippen molar-refractivity contribution in [1.82, 2.24) is 20.5 Å². The topological polar surface area (TPSA) is 71.0 Å². The van der Waals surface area contributed by atoms with Gasteiger partial charge in [-0.2, -0.15) is 5.10 Å². The Morgan fingerprint density at radius 2 is 2.16 bits per heavy atom. The zero-order chi connectivity index (χ0) is 17.2. The van der Waals surface area contributed by atoms with Crippen LogP contribution in [-0.2, 0) is 24.1 Å². The summed E-state index contributed by atoms with van der Waals surface area (Å²) in [7, 11) is 0. The lowest BCUT2D eigenvalue weighted by atomic mass is 9.95. The maximum Gasteiger partial charge on any atom is 0.225 e. The molecule has 1 saturated heterocycles. The highest BCUT2D eigenvalue weighted by Crippen LogP contribution is 2.26. The normalized spacial score (nSPS) is 17.1. The van der Waals surface area contributed by atoms with E-state index in [4.69, 9.17) is 0 Å². The third-order valence-electron chi connectivity index (χ3n) is 4.93. The van der Waals surface area contributed by atoms with Gasteiger partial charge in [0.15, 0.2) is 5.82 Å². The largest absolute Gasteiger partial charge is 0.355 e. The molecule has 2 aliphatic rings. The molecule has 6 nitrogen and oxygen atoms in total. The number of fused-ring (bicyclic) bond motifs is 1. The molecule has 1 amide bonds. The minimum absolute atomic E-state index is 0.0793. The maximum absolute atomic E-state index is 12.0. The Labute approximate surface area is 151 Å². The molecule has 2 aromatic heterocycles. The van der Waals surface area contributed by atoms with Crippen molar-refractivity contribution in [2.75, 3.05) is 24.5 Å². The Balaban J connectivity index is 1.23. The molecule has 0 aromatic carbocycles. The molecule has 7 heteroatoms. The second kappa shape index (κ2) is 7.07.